The summed E-state index contributed by atoms with van der Waals surface area (Å²) in [5.41, 5.74) is 1.53. The molecule has 0 aromatic heterocycles. The summed E-state index contributed by atoms with van der Waals surface area (Å²) in [6, 6.07) is 12.9. The number of aliphatic imine (C=N–C) groups is 1. The van der Waals surface area contributed by atoms with Gasteiger partial charge in [0.05, 0.1) is 4.91 Å². The first-order valence-corrected chi connectivity index (χ1v) is 8.63. The highest BCUT2D eigenvalue weighted by molar-refractivity contribution is 9.10. The second-order valence-electron chi connectivity index (χ2n) is 4.47. The van der Waals surface area contributed by atoms with Gasteiger partial charge in [-0.15, -0.1) is 0 Å². The van der Waals surface area contributed by atoms with E-state index in [0.717, 1.165) is 10.0 Å². The number of hydrogen-bond donors (Lipinski definition) is 0. The third kappa shape index (κ3) is 3.30. The zero-order valence-corrected chi connectivity index (χ0v) is 14.9. The van der Waals surface area contributed by atoms with Crippen LogP contribution in [0.4, 0.5) is 0 Å². The van der Waals surface area contributed by atoms with Crippen molar-refractivity contribution in [2.75, 3.05) is 0 Å². The molecule has 2 aromatic rings. The SMILES string of the molecule is O=C1N=C(c2ccc(Br)cc2)S/C1=C\c1c(Cl)cccc1Cl. The van der Waals surface area contributed by atoms with Crippen LogP contribution in [0.25, 0.3) is 6.08 Å². The van der Waals surface area contributed by atoms with Crippen LogP contribution in [0.2, 0.25) is 10.0 Å². The Morgan fingerprint density at radius 2 is 1.68 bits per heavy atom. The van der Waals surface area contributed by atoms with Crippen molar-refractivity contribution in [2.24, 2.45) is 4.99 Å². The number of rotatable bonds is 2. The fourth-order valence-corrected chi connectivity index (χ4v) is 3.58. The Kier molecular flexibility index (Phi) is 4.73. The van der Waals surface area contributed by atoms with E-state index in [1.54, 1.807) is 24.3 Å². The number of benzene rings is 2. The number of carbonyl (C=O) groups is 1. The molecule has 0 saturated heterocycles. The van der Waals surface area contributed by atoms with Crippen LogP contribution < -0.4 is 0 Å². The van der Waals surface area contributed by atoms with Crippen molar-refractivity contribution in [3.63, 3.8) is 0 Å². The van der Waals surface area contributed by atoms with Crippen LogP contribution >= 0.6 is 50.9 Å². The van der Waals surface area contributed by atoms with E-state index in [-0.39, 0.29) is 5.91 Å². The van der Waals surface area contributed by atoms with Gasteiger partial charge < -0.3 is 0 Å². The number of hydrogen-bond acceptors (Lipinski definition) is 2. The molecule has 0 fully saturated rings. The van der Waals surface area contributed by atoms with Crippen molar-refractivity contribution in [1.29, 1.82) is 0 Å². The molecule has 2 aromatic carbocycles. The van der Waals surface area contributed by atoms with Gasteiger partial charge in [-0.2, -0.15) is 0 Å². The van der Waals surface area contributed by atoms with Crippen LogP contribution in [-0.4, -0.2) is 11.0 Å². The molecule has 1 aliphatic rings. The normalized spacial score (nSPS) is 16.2. The Morgan fingerprint density at radius 1 is 1.05 bits per heavy atom. The van der Waals surface area contributed by atoms with Gasteiger partial charge in [0.2, 0.25) is 0 Å². The molecule has 0 radical (unpaired) electrons. The van der Waals surface area contributed by atoms with E-state index in [1.807, 2.05) is 24.3 Å². The van der Waals surface area contributed by atoms with Gasteiger partial charge in [0.15, 0.2) is 0 Å². The lowest BCUT2D eigenvalue weighted by Gasteiger charge is -2.02. The van der Waals surface area contributed by atoms with Gasteiger partial charge in [-0.1, -0.05) is 69.1 Å². The lowest BCUT2D eigenvalue weighted by molar-refractivity contribution is -0.113. The third-order valence-corrected chi connectivity index (χ3v) is 5.21. The average Bonchev–Trinajstić information content (AvgIpc) is 2.85. The van der Waals surface area contributed by atoms with Gasteiger partial charge in [-0.25, -0.2) is 4.99 Å². The van der Waals surface area contributed by atoms with E-state index in [2.05, 4.69) is 20.9 Å². The minimum Gasteiger partial charge on any atom is -0.266 e. The molecular weight excluding hydrogens is 405 g/mol. The molecule has 0 atom stereocenters. The van der Waals surface area contributed by atoms with Gasteiger partial charge in [0.25, 0.3) is 5.91 Å². The maximum absolute atomic E-state index is 12.1. The summed E-state index contributed by atoms with van der Waals surface area (Å²) < 4.78 is 0.977. The Balaban J connectivity index is 1.92. The van der Waals surface area contributed by atoms with Crippen LogP contribution in [0.1, 0.15) is 11.1 Å². The monoisotopic (exact) mass is 411 g/mol. The van der Waals surface area contributed by atoms with Gasteiger partial charge in [0.1, 0.15) is 5.04 Å². The molecule has 1 amide bonds. The zero-order chi connectivity index (χ0) is 15.7. The molecule has 0 saturated carbocycles. The fraction of sp³-hybridized carbons (Fsp3) is 0. The first-order valence-electron chi connectivity index (χ1n) is 6.27. The van der Waals surface area contributed by atoms with Crippen molar-refractivity contribution in [1.82, 2.24) is 0 Å². The van der Waals surface area contributed by atoms with E-state index in [4.69, 9.17) is 23.2 Å². The van der Waals surface area contributed by atoms with E-state index < -0.39 is 0 Å². The summed E-state index contributed by atoms with van der Waals surface area (Å²) in [7, 11) is 0. The first-order chi connectivity index (χ1) is 10.5. The Morgan fingerprint density at radius 3 is 2.32 bits per heavy atom. The Bertz CT molecular complexity index is 795. The van der Waals surface area contributed by atoms with Gasteiger partial charge in [-0.3, -0.25) is 4.79 Å². The number of nitrogens with zero attached hydrogens (tertiary/aromatic N) is 1. The largest absolute Gasteiger partial charge is 0.284 e. The highest BCUT2D eigenvalue weighted by atomic mass is 79.9. The molecule has 22 heavy (non-hydrogen) atoms. The summed E-state index contributed by atoms with van der Waals surface area (Å²) in [4.78, 5) is 16.7. The summed E-state index contributed by atoms with van der Waals surface area (Å²) in [6.45, 7) is 0. The second-order valence-corrected chi connectivity index (χ2v) is 7.24. The van der Waals surface area contributed by atoms with E-state index in [9.17, 15) is 4.79 Å². The van der Waals surface area contributed by atoms with Crippen LogP contribution in [0.5, 0.6) is 0 Å². The van der Waals surface area contributed by atoms with Crippen LogP contribution in [0.3, 0.4) is 0 Å². The van der Waals surface area contributed by atoms with Crippen molar-refractivity contribution in [3.05, 3.63) is 73.0 Å². The van der Waals surface area contributed by atoms with Crippen molar-refractivity contribution >= 4 is 67.9 Å². The van der Waals surface area contributed by atoms with Gasteiger partial charge in [0, 0.05) is 25.6 Å². The molecule has 1 heterocycles. The first kappa shape index (κ1) is 15.8. The van der Waals surface area contributed by atoms with E-state index >= 15 is 0 Å². The molecule has 3 rings (SSSR count). The molecule has 0 N–H and O–H groups in total. The van der Waals surface area contributed by atoms with E-state index in [0.29, 0.717) is 25.6 Å². The second kappa shape index (κ2) is 6.59. The maximum atomic E-state index is 12.1. The Hall–Kier alpha value is -1.07. The predicted octanol–water partition coefficient (Wildman–Crippen LogP) is 5.82. The topological polar surface area (TPSA) is 29.4 Å². The summed E-state index contributed by atoms with van der Waals surface area (Å²) in [5, 5.41) is 1.68. The van der Waals surface area contributed by atoms with Crippen molar-refractivity contribution in [3.8, 4) is 0 Å². The lowest BCUT2D eigenvalue weighted by atomic mass is 10.2. The average molecular weight is 413 g/mol. The minimum atomic E-state index is -0.279. The fourth-order valence-electron chi connectivity index (χ4n) is 1.90. The molecule has 0 unspecified atom stereocenters. The zero-order valence-electron chi connectivity index (χ0n) is 11.0. The minimum absolute atomic E-state index is 0.279. The van der Waals surface area contributed by atoms with Crippen molar-refractivity contribution in [2.45, 2.75) is 0 Å². The van der Waals surface area contributed by atoms with Crippen LogP contribution in [0.15, 0.2) is 56.8 Å². The van der Waals surface area contributed by atoms with Crippen LogP contribution in [0, 0.1) is 0 Å². The molecule has 0 aliphatic carbocycles. The smallest absolute Gasteiger partial charge is 0.266 e. The molecule has 0 bridgehead atoms. The molecule has 110 valence electrons. The Labute approximate surface area is 150 Å². The molecular formula is C16H8BrCl2NOS. The number of thioether (sulfide) groups is 1. The molecule has 2 nitrogen and oxygen atoms in total. The molecule has 6 heteroatoms. The third-order valence-electron chi connectivity index (χ3n) is 2.99. The molecule has 0 spiro atoms. The quantitative estimate of drug-likeness (QED) is 0.581. The standard InChI is InChI=1S/C16H8BrCl2NOS/c17-10-6-4-9(5-7-10)16-20-15(21)14(22-16)8-11-12(18)2-1-3-13(11)19/h1-8H/b14-8-. The highest BCUT2D eigenvalue weighted by Crippen LogP contribution is 2.35. The summed E-state index contributed by atoms with van der Waals surface area (Å²) >= 11 is 17.0. The predicted molar refractivity (Wildman–Crippen MR) is 97.7 cm³/mol. The van der Waals surface area contributed by atoms with Crippen molar-refractivity contribution < 1.29 is 4.79 Å². The van der Waals surface area contributed by atoms with Gasteiger partial charge >= 0.3 is 0 Å². The number of halogens is 3. The summed E-state index contributed by atoms with van der Waals surface area (Å²) in [6.07, 6.45) is 1.69. The van der Waals surface area contributed by atoms with Crippen LogP contribution in [-0.2, 0) is 4.79 Å². The highest BCUT2D eigenvalue weighted by Gasteiger charge is 2.23. The number of carbonyl (C=O) groups excluding carboxylic acids is 1. The maximum Gasteiger partial charge on any atom is 0.284 e. The number of amides is 1. The lowest BCUT2D eigenvalue weighted by Crippen LogP contribution is -1.90. The molecule has 1 aliphatic heterocycles. The van der Waals surface area contributed by atoms with Gasteiger partial charge in [-0.05, 0) is 30.3 Å². The summed E-state index contributed by atoms with van der Waals surface area (Å²) in [5.74, 6) is -0.279. The van der Waals surface area contributed by atoms with E-state index in [1.165, 1.54) is 11.8 Å².